The first-order valence-corrected chi connectivity index (χ1v) is 6.23. The molecule has 6 nitrogen and oxygen atoms in total. The zero-order valence-electron chi connectivity index (χ0n) is 11.4. The summed E-state index contributed by atoms with van der Waals surface area (Å²) < 4.78 is 3.75. The molecule has 98 valence electrons. The normalized spacial score (nSPS) is 11.4. The van der Waals surface area contributed by atoms with Crippen molar-refractivity contribution >= 4 is 5.82 Å². The van der Waals surface area contributed by atoms with E-state index in [1.54, 1.807) is 0 Å². The summed E-state index contributed by atoms with van der Waals surface area (Å²) in [6.07, 6.45) is 0.935. The minimum Gasteiger partial charge on any atom is -0.381 e. The molecule has 0 spiro atoms. The van der Waals surface area contributed by atoms with Gasteiger partial charge in [0.05, 0.1) is 23.6 Å². The predicted octanol–water partition coefficient (Wildman–Crippen LogP) is 1.33. The molecular formula is C12H20N6. The molecule has 0 atom stereocenters. The summed E-state index contributed by atoms with van der Waals surface area (Å²) in [5.41, 5.74) is 9.03. The molecule has 0 unspecified atom stereocenters. The second-order valence-corrected chi connectivity index (χ2v) is 4.78. The number of nitrogen functional groups attached to an aromatic ring is 1. The number of nitrogens with zero attached hydrogens (tertiary/aromatic N) is 5. The Balaban J connectivity index is 2.31. The van der Waals surface area contributed by atoms with Crippen molar-refractivity contribution in [2.75, 3.05) is 5.73 Å². The van der Waals surface area contributed by atoms with Crippen molar-refractivity contribution in [3.8, 4) is 0 Å². The highest BCUT2D eigenvalue weighted by Gasteiger charge is 2.15. The smallest absolute Gasteiger partial charge is 0.169 e. The van der Waals surface area contributed by atoms with E-state index in [2.05, 4.69) is 42.2 Å². The van der Waals surface area contributed by atoms with Crippen LogP contribution in [0.15, 0.2) is 6.07 Å². The third kappa shape index (κ3) is 2.23. The SMILES string of the molecule is CCc1cc(Cn2nnc(N)c2C(C)C)n(C)n1. The van der Waals surface area contributed by atoms with Gasteiger partial charge in [-0.15, -0.1) is 5.10 Å². The van der Waals surface area contributed by atoms with Gasteiger partial charge in [-0.05, 0) is 18.4 Å². The van der Waals surface area contributed by atoms with E-state index in [0.717, 1.165) is 23.5 Å². The first-order valence-electron chi connectivity index (χ1n) is 6.23. The van der Waals surface area contributed by atoms with Gasteiger partial charge in [-0.3, -0.25) is 4.68 Å². The lowest BCUT2D eigenvalue weighted by atomic mass is 10.1. The number of aryl methyl sites for hydroxylation is 2. The van der Waals surface area contributed by atoms with Gasteiger partial charge in [-0.2, -0.15) is 5.10 Å². The fourth-order valence-electron chi connectivity index (χ4n) is 2.09. The highest BCUT2D eigenvalue weighted by Crippen LogP contribution is 2.20. The zero-order chi connectivity index (χ0) is 13.3. The number of hydrogen-bond donors (Lipinski definition) is 1. The van der Waals surface area contributed by atoms with Crippen LogP contribution in [0.2, 0.25) is 0 Å². The molecule has 2 N–H and O–H groups in total. The summed E-state index contributed by atoms with van der Waals surface area (Å²) in [6.45, 7) is 6.93. The van der Waals surface area contributed by atoms with Crippen molar-refractivity contribution in [2.45, 2.75) is 39.7 Å². The van der Waals surface area contributed by atoms with Crippen molar-refractivity contribution in [2.24, 2.45) is 7.05 Å². The first-order chi connectivity index (χ1) is 8.52. The summed E-state index contributed by atoms with van der Waals surface area (Å²) in [7, 11) is 1.95. The van der Waals surface area contributed by atoms with Crippen molar-refractivity contribution in [3.05, 3.63) is 23.1 Å². The summed E-state index contributed by atoms with van der Waals surface area (Å²) in [4.78, 5) is 0. The molecule has 0 fully saturated rings. The molecule has 2 rings (SSSR count). The quantitative estimate of drug-likeness (QED) is 0.885. The van der Waals surface area contributed by atoms with Gasteiger partial charge in [-0.1, -0.05) is 26.0 Å². The van der Waals surface area contributed by atoms with E-state index in [1.165, 1.54) is 0 Å². The largest absolute Gasteiger partial charge is 0.381 e. The number of rotatable bonds is 4. The van der Waals surface area contributed by atoms with E-state index >= 15 is 0 Å². The van der Waals surface area contributed by atoms with Crippen molar-refractivity contribution in [3.63, 3.8) is 0 Å². The van der Waals surface area contributed by atoms with E-state index in [0.29, 0.717) is 18.3 Å². The average Bonchev–Trinajstić information content (AvgIpc) is 2.84. The lowest BCUT2D eigenvalue weighted by Gasteiger charge is -2.09. The van der Waals surface area contributed by atoms with Gasteiger partial charge in [0.15, 0.2) is 5.82 Å². The van der Waals surface area contributed by atoms with Crippen molar-refractivity contribution in [1.29, 1.82) is 0 Å². The zero-order valence-corrected chi connectivity index (χ0v) is 11.4. The van der Waals surface area contributed by atoms with Gasteiger partial charge < -0.3 is 5.73 Å². The average molecular weight is 248 g/mol. The molecule has 0 aliphatic heterocycles. The standard InChI is InChI=1S/C12H20N6/c1-5-9-6-10(17(4)15-9)7-18-11(8(2)3)12(13)14-16-18/h6,8H,5,7,13H2,1-4H3. The van der Waals surface area contributed by atoms with E-state index in [9.17, 15) is 0 Å². The summed E-state index contributed by atoms with van der Waals surface area (Å²) >= 11 is 0. The fraction of sp³-hybridized carbons (Fsp3) is 0.583. The van der Waals surface area contributed by atoms with Crippen LogP contribution in [-0.2, 0) is 20.0 Å². The van der Waals surface area contributed by atoms with E-state index in [1.807, 2.05) is 16.4 Å². The van der Waals surface area contributed by atoms with Crippen molar-refractivity contribution < 1.29 is 0 Å². The molecule has 0 aliphatic carbocycles. The highest BCUT2D eigenvalue weighted by atomic mass is 15.5. The number of aromatic nitrogens is 5. The lowest BCUT2D eigenvalue weighted by molar-refractivity contribution is 0.565. The summed E-state index contributed by atoms with van der Waals surface area (Å²) in [6, 6.07) is 2.10. The Morgan fingerprint density at radius 1 is 1.39 bits per heavy atom. The molecule has 0 aliphatic rings. The minimum atomic E-state index is 0.305. The van der Waals surface area contributed by atoms with Gasteiger partial charge in [0.1, 0.15) is 0 Å². The Labute approximate surface area is 107 Å². The molecular weight excluding hydrogens is 228 g/mol. The van der Waals surface area contributed by atoms with Crippen LogP contribution in [0.5, 0.6) is 0 Å². The van der Waals surface area contributed by atoms with Crippen LogP contribution in [0.3, 0.4) is 0 Å². The third-order valence-corrected chi connectivity index (χ3v) is 3.05. The second kappa shape index (κ2) is 4.80. The molecule has 6 heteroatoms. The van der Waals surface area contributed by atoms with Crippen LogP contribution in [0.1, 0.15) is 43.8 Å². The van der Waals surface area contributed by atoms with Gasteiger partial charge in [0, 0.05) is 7.05 Å². The second-order valence-electron chi connectivity index (χ2n) is 4.78. The van der Waals surface area contributed by atoms with Crippen LogP contribution < -0.4 is 5.73 Å². The van der Waals surface area contributed by atoms with Gasteiger partial charge in [-0.25, -0.2) is 4.68 Å². The first kappa shape index (κ1) is 12.6. The van der Waals surface area contributed by atoms with E-state index in [-0.39, 0.29) is 0 Å². The Morgan fingerprint density at radius 3 is 2.67 bits per heavy atom. The van der Waals surface area contributed by atoms with E-state index < -0.39 is 0 Å². The van der Waals surface area contributed by atoms with Crippen LogP contribution >= 0.6 is 0 Å². The maximum atomic E-state index is 5.85. The molecule has 18 heavy (non-hydrogen) atoms. The number of hydrogen-bond acceptors (Lipinski definition) is 4. The summed E-state index contributed by atoms with van der Waals surface area (Å²) in [5.74, 6) is 0.821. The molecule has 2 aromatic rings. The Hall–Kier alpha value is -1.85. The minimum absolute atomic E-state index is 0.305. The van der Waals surface area contributed by atoms with Gasteiger partial charge in [0.25, 0.3) is 0 Å². The van der Waals surface area contributed by atoms with Gasteiger partial charge in [0.2, 0.25) is 0 Å². The topological polar surface area (TPSA) is 74.6 Å². The molecule has 0 saturated heterocycles. The van der Waals surface area contributed by atoms with Gasteiger partial charge >= 0.3 is 0 Å². The molecule has 2 heterocycles. The Kier molecular flexibility index (Phi) is 3.36. The van der Waals surface area contributed by atoms with Crippen molar-refractivity contribution in [1.82, 2.24) is 24.8 Å². The Morgan fingerprint density at radius 2 is 2.11 bits per heavy atom. The van der Waals surface area contributed by atoms with Crippen LogP contribution in [0.25, 0.3) is 0 Å². The molecule has 0 bridgehead atoms. The Bertz CT molecular complexity index is 537. The lowest BCUT2D eigenvalue weighted by Crippen LogP contribution is -2.11. The van der Waals surface area contributed by atoms with E-state index in [4.69, 9.17) is 5.73 Å². The van der Waals surface area contributed by atoms with Crippen LogP contribution in [-0.4, -0.2) is 24.8 Å². The number of nitrogens with two attached hydrogens (primary N) is 1. The predicted molar refractivity (Wildman–Crippen MR) is 70.2 cm³/mol. The molecule has 2 aromatic heterocycles. The highest BCUT2D eigenvalue weighted by molar-refractivity contribution is 5.35. The molecule has 0 amide bonds. The molecule has 0 radical (unpaired) electrons. The fourth-order valence-corrected chi connectivity index (χ4v) is 2.09. The third-order valence-electron chi connectivity index (χ3n) is 3.05. The monoisotopic (exact) mass is 248 g/mol. The maximum absolute atomic E-state index is 5.85. The molecule has 0 aromatic carbocycles. The van der Waals surface area contributed by atoms with Crippen LogP contribution in [0, 0.1) is 0 Å². The number of anilines is 1. The van der Waals surface area contributed by atoms with Crippen LogP contribution in [0.4, 0.5) is 5.82 Å². The molecule has 0 saturated carbocycles. The maximum Gasteiger partial charge on any atom is 0.169 e. The summed E-state index contributed by atoms with van der Waals surface area (Å²) in [5, 5.41) is 12.5.